The second-order valence-corrected chi connectivity index (χ2v) is 6.52. The summed E-state index contributed by atoms with van der Waals surface area (Å²) in [5.74, 6) is -0.173. The Balaban J connectivity index is 1.93. The molecule has 0 amide bonds. The molecule has 0 spiro atoms. The molecule has 0 saturated heterocycles. The molecule has 0 radical (unpaired) electrons. The number of benzene rings is 3. The largest absolute Gasteiger partial charge is 0.508 e. The molecule has 26 heavy (non-hydrogen) atoms. The van der Waals surface area contributed by atoms with E-state index in [0.717, 1.165) is 27.8 Å². The van der Waals surface area contributed by atoms with Crippen LogP contribution >= 0.6 is 11.6 Å². The normalized spacial score (nSPS) is 14.0. The van der Waals surface area contributed by atoms with Gasteiger partial charge in [-0.1, -0.05) is 54.1 Å². The molecular weight excluding hydrogens is 346 g/mol. The van der Waals surface area contributed by atoms with E-state index in [1.54, 1.807) is 30.3 Å². The number of hydrogen-bond acceptors (Lipinski definition) is 3. The van der Waals surface area contributed by atoms with E-state index in [2.05, 4.69) is 0 Å². The maximum atomic E-state index is 12.8. The third-order valence-corrected chi connectivity index (χ3v) is 4.67. The predicted molar refractivity (Wildman–Crippen MR) is 103 cm³/mol. The lowest BCUT2D eigenvalue weighted by atomic mass is 9.80. The molecule has 0 aliphatic heterocycles. The Bertz CT molecular complexity index is 1100. The van der Waals surface area contributed by atoms with Gasteiger partial charge in [-0.2, -0.15) is 0 Å². The minimum Gasteiger partial charge on any atom is -0.508 e. The third kappa shape index (κ3) is 2.72. The molecule has 3 aromatic rings. The number of fused-ring (bicyclic) bond motifs is 2. The van der Waals surface area contributed by atoms with Gasteiger partial charge in [0.1, 0.15) is 5.75 Å². The molecule has 126 valence electrons. The summed E-state index contributed by atoms with van der Waals surface area (Å²) in [6, 6.07) is 19.1. The van der Waals surface area contributed by atoms with Crippen molar-refractivity contribution < 1.29 is 9.90 Å². The van der Waals surface area contributed by atoms with E-state index in [1.165, 1.54) is 12.1 Å². The molecule has 3 aromatic carbocycles. The molecule has 0 fully saturated rings. The average Bonchev–Trinajstić information content (AvgIpc) is 2.65. The van der Waals surface area contributed by atoms with Crippen molar-refractivity contribution in [3.05, 3.63) is 106 Å². The molecule has 4 heteroatoms. The van der Waals surface area contributed by atoms with E-state index in [4.69, 9.17) is 17.0 Å². The zero-order valence-electron chi connectivity index (χ0n) is 13.7. The first kappa shape index (κ1) is 16.3. The number of allylic oxidation sites excluding steroid dienone is 1. The minimum atomic E-state index is -0.218. The highest BCUT2D eigenvalue weighted by Crippen LogP contribution is 2.37. The van der Waals surface area contributed by atoms with Crippen molar-refractivity contribution in [2.45, 2.75) is 0 Å². The smallest absolute Gasteiger partial charge is 0.186 e. The first-order valence-electron chi connectivity index (χ1n) is 8.08. The van der Waals surface area contributed by atoms with E-state index < -0.39 is 0 Å². The van der Waals surface area contributed by atoms with E-state index >= 15 is 0 Å². The van der Waals surface area contributed by atoms with Crippen molar-refractivity contribution in [2.75, 3.05) is 0 Å². The highest BCUT2D eigenvalue weighted by Gasteiger charge is 2.25. The number of carbonyl (C=O) groups excluding carboxylic acids is 1. The van der Waals surface area contributed by atoms with Gasteiger partial charge >= 0.3 is 0 Å². The van der Waals surface area contributed by atoms with Gasteiger partial charge in [-0.05, 0) is 47.0 Å². The first-order chi connectivity index (χ1) is 12.5. The van der Waals surface area contributed by atoms with E-state index in [0.29, 0.717) is 16.3 Å². The van der Waals surface area contributed by atoms with Crippen LogP contribution in [0, 0.1) is 5.41 Å². The van der Waals surface area contributed by atoms with E-state index in [-0.39, 0.29) is 11.5 Å². The van der Waals surface area contributed by atoms with E-state index in [1.807, 2.05) is 30.3 Å². The second kappa shape index (κ2) is 6.28. The topological polar surface area (TPSA) is 61.2 Å². The number of phenolic OH excluding ortho intramolecular Hbond substituents is 1. The number of phenols is 1. The lowest BCUT2D eigenvalue weighted by Gasteiger charge is -2.23. The molecule has 0 heterocycles. The van der Waals surface area contributed by atoms with Crippen molar-refractivity contribution in [1.82, 2.24) is 0 Å². The molecule has 0 atom stereocenters. The lowest BCUT2D eigenvalue weighted by Crippen LogP contribution is -2.15. The zero-order valence-corrected chi connectivity index (χ0v) is 14.4. The summed E-state index contributed by atoms with van der Waals surface area (Å²) < 4.78 is 0. The molecule has 0 aromatic heterocycles. The quantitative estimate of drug-likeness (QED) is 0.387. The van der Waals surface area contributed by atoms with Crippen LogP contribution in [0.4, 0.5) is 0 Å². The Hall–Kier alpha value is -3.17. The van der Waals surface area contributed by atoms with Crippen molar-refractivity contribution in [1.29, 1.82) is 5.41 Å². The molecule has 4 rings (SSSR count). The SMILES string of the molecule is N=C1c2ccccc2/C(=C\C(=O)c2cccc(O)c2)c2cc(Cl)ccc21. The van der Waals surface area contributed by atoms with Crippen LogP contribution in [-0.4, -0.2) is 16.6 Å². The van der Waals surface area contributed by atoms with Crippen LogP contribution in [0.2, 0.25) is 5.02 Å². The Morgan fingerprint density at radius 1 is 0.885 bits per heavy atom. The van der Waals surface area contributed by atoms with Crippen molar-refractivity contribution in [2.24, 2.45) is 0 Å². The maximum Gasteiger partial charge on any atom is 0.186 e. The monoisotopic (exact) mass is 359 g/mol. The molecule has 1 aliphatic carbocycles. The van der Waals surface area contributed by atoms with Crippen LogP contribution in [0.5, 0.6) is 5.75 Å². The minimum absolute atomic E-state index is 0.0449. The van der Waals surface area contributed by atoms with Gasteiger partial charge in [0.05, 0.1) is 5.71 Å². The van der Waals surface area contributed by atoms with Crippen LogP contribution in [0.3, 0.4) is 0 Å². The number of rotatable bonds is 2. The summed E-state index contributed by atoms with van der Waals surface area (Å²) in [4.78, 5) is 12.8. The molecule has 2 N–H and O–H groups in total. The van der Waals surface area contributed by atoms with Gasteiger partial charge in [0.25, 0.3) is 0 Å². The summed E-state index contributed by atoms with van der Waals surface area (Å²) in [5, 5.41) is 18.7. The molecule has 0 bridgehead atoms. The summed E-state index contributed by atoms with van der Waals surface area (Å²) in [5.41, 5.74) is 4.63. The highest BCUT2D eigenvalue weighted by molar-refractivity contribution is 6.31. The molecular formula is C22H14ClNO2. The Morgan fingerprint density at radius 2 is 1.62 bits per heavy atom. The number of carbonyl (C=O) groups is 1. The van der Waals surface area contributed by atoms with Gasteiger partial charge in [0, 0.05) is 21.7 Å². The lowest BCUT2D eigenvalue weighted by molar-refractivity contribution is 0.104. The Morgan fingerprint density at radius 3 is 2.38 bits per heavy atom. The molecule has 3 nitrogen and oxygen atoms in total. The molecule has 0 unspecified atom stereocenters. The van der Waals surface area contributed by atoms with Crippen molar-refractivity contribution in [3.63, 3.8) is 0 Å². The van der Waals surface area contributed by atoms with E-state index in [9.17, 15) is 9.90 Å². The first-order valence-corrected chi connectivity index (χ1v) is 8.46. The van der Waals surface area contributed by atoms with Crippen LogP contribution < -0.4 is 0 Å². The van der Waals surface area contributed by atoms with Crippen LogP contribution in [0.15, 0.2) is 72.8 Å². The summed E-state index contributed by atoms with van der Waals surface area (Å²) in [6.07, 6.45) is 1.55. The van der Waals surface area contributed by atoms with Crippen LogP contribution in [-0.2, 0) is 0 Å². The summed E-state index contributed by atoms with van der Waals surface area (Å²) >= 11 is 6.18. The summed E-state index contributed by atoms with van der Waals surface area (Å²) in [7, 11) is 0. The van der Waals surface area contributed by atoms with Gasteiger partial charge in [0.2, 0.25) is 0 Å². The van der Waals surface area contributed by atoms with Gasteiger partial charge < -0.3 is 5.11 Å². The number of halogens is 1. The molecule has 1 aliphatic rings. The number of aromatic hydroxyl groups is 1. The van der Waals surface area contributed by atoms with Crippen LogP contribution in [0.1, 0.15) is 32.6 Å². The third-order valence-electron chi connectivity index (χ3n) is 4.43. The Labute approximate surface area is 155 Å². The fourth-order valence-corrected chi connectivity index (χ4v) is 3.38. The predicted octanol–water partition coefficient (Wildman–Crippen LogP) is 5.09. The number of ketones is 1. The maximum absolute atomic E-state index is 12.8. The van der Waals surface area contributed by atoms with Gasteiger partial charge in [0.15, 0.2) is 5.78 Å². The fraction of sp³-hybridized carbons (Fsp3) is 0. The Kier molecular flexibility index (Phi) is 3.94. The second-order valence-electron chi connectivity index (χ2n) is 6.08. The summed E-state index contributed by atoms with van der Waals surface area (Å²) in [6.45, 7) is 0. The van der Waals surface area contributed by atoms with Crippen molar-refractivity contribution in [3.8, 4) is 5.75 Å². The average molecular weight is 360 g/mol. The standard InChI is InChI=1S/C22H14ClNO2/c23-14-8-9-18-19(11-14)20(16-6-1-2-7-17(16)22(18)24)12-21(26)13-4-3-5-15(25)10-13/h1-12,24-25H/b20-12+,24-22?. The van der Waals surface area contributed by atoms with Crippen LogP contribution in [0.25, 0.3) is 5.57 Å². The van der Waals surface area contributed by atoms with Gasteiger partial charge in [-0.3, -0.25) is 10.2 Å². The number of hydrogen-bond donors (Lipinski definition) is 2. The fourth-order valence-electron chi connectivity index (χ4n) is 3.21. The highest BCUT2D eigenvalue weighted by atomic mass is 35.5. The van der Waals surface area contributed by atoms with Gasteiger partial charge in [-0.25, -0.2) is 0 Å². The molecule has 0 saturated carbocycles. The zero-order chi connectivity index (χ0) is 18.3. The van der Waals surface area contributed by atoms with Crippen molar-refractivity contribution >= 4 is 28.7 Å². The number of nitrogens with one attached hydrogen (secondary N) is 1. The van der Waals surface area contributed by atoms with Gasteiger partial charge in [-0.15, -0.1) is 0 Å².